The predicted molar refractivity (Wildman–Crippen MR) is 119 cm³/mol. The SMILES string of the molecule is CC(Oc1ccc2ccccc2c1)C(=O)NNC(=O)CCN1C(=O)COc2ccccc21. The summed E-state index contributed by atoms with van der Waals surface area (Å²) in [6, 6.07) is 20.6. The number of hydrogen-bond donors (Lipinski definition) is 2. The first-order valence-electron chi connectivity index (χ1n) is 10.3. The molecule has 1 unspecified atom stereocenters. The third-order valence-corrected chi connectivity index (χ3v) is 5.10. The van der Waals surface area contributed by atoms with Crippen molar-refractivity contribution in [1.82, 2.24) is 10.9 Å². The molecule has 0 fully saturated rings. The van der Waals surface area contributed by atoms with E-state index in [-0.39, 0.29) is 25.5 Å². The fourth-order valence-corrected chi connectivity index (χ4v) is 3.41. The minimum atomic E-state index is -0.816. The van der Waals surface area contributed by atoms with Crippen molar-refractivity contribution in [2.75, 3.05) is 18.1 Å². The number of fused-ring (bicyclic) bond motifs is 2. The van der Waals surface area contributed by atoms with Crippen LogP contribution in [0.2, 0.25) is 0 Å². The van der Waals surface area contributed by atoms with E-state index in [1.165, 1.54) is 4.90 Å². The Morgan fingerprint density at radius 1 is 1.03 bits per heavy atom. The van der Waals surface area contributed by atoms with Crippen molar-refractivity contribution in [2.45, 2.75) is 19.4 Å². The Balaban J connectivity index is 1.26. The quantitative estimate of drug-likeness (QED) is 0.583. The van der Waals surface area contributed by atoms with E-state index in [0.717, 1.165) is 10.8 Å². The highest BCUT2D eigenvalue weighted by atomic mass is 16.5. The van der Waals surface area contributed by atoms with E-state index < -0.39 is 17.9 Å². The number of rotatable bonds is 6. The van der Waals surface area contributed by atoms with Crippen LogP contribution >= 0.6 is 0 Å². The van der Waals surface area contributed by atoms with Crippen LogP contribution in [0.25, 0.3) is 10.8 Å². The summed E-state index contributed by atoms with van der Waals surface area (Å²) in [4.78, 5) is 38.2. The van der Waals surface area contributed by atoms with Crippen LogP contribution < -0.4 is 25.2 Å². The minimum absolute atomic E-state index is 0.0142. The number of hydrazine groups is 1. The van der Waals surface area contributed by atoms with Crippen molar-refractivity contribution in [3.05, 3.63) is 66.7 Å². The summed E-state index contributed by atoms with van der Waals surface area (Å²) in [7, 11) is 0. The van der Waals surface area contributed by atoms with Crippen LogP contribution in [0.1, 0.15) is 13.3 Å². The van der Waals surface area contributed by atoms with Gasteiger partial charge in [0.1, 0.15) is 11.5 Å². The van der Waals surface area contributed by atoms with E-state index in [4.69, 9.17) is 9.47 Å². The number of para-hydroxylation sites is 2. The normalized spacial score (nSPS) is 13.7. The topological polar surface area (TPSA) is 97.0 Å². The Hall–Kier alpha value is -4.07. The van der Waals surface area contributed by atoms with Crippen molar-refractivity contribution in [3.63, 3.8) is 0 Å². The Morgan fingerprint density at radius 2 is 1.78 bits per heavy atom. The summed E-state index contributed by atoms with van der Waals surface area (Å²) < 4.78 is 11.1. The molecule has 0 aliphatic carbocycles. The molecule has 1 aliphatic heterocycles. The summed E-state index contributed by atoms with van der Waals surface area (Å²) in [5.74, 6) is 0.0212. The van der Waals surface area contributed by atoms with Crippen LogP contribution in [0.4, 0.5) is 5.69 Å². The van der Waals surface area contributed by atoms with Crippen molar-refractivity contribution in [1.29, 1.82) is 0 Å². The van der Waals surface area contributed by atoms with Crippen molar-refractivity contribution in [3.8, 4) is 11.5 Å². The number of nitrogens with zero attached hydrogens (tertiary/aromatic N) is 1. The van der Waals surface area contributed by atoms with E-state index in [1.54, 1.807) is 31.2 Å². The van der Waals surface area contributed by atoms with Crippen LogP contribution in [-0.2, 0) is 14.4 Å². The molecule has 32 heavy (non-hydrogen) atoms. The molecule has 2 N–H and O–H groups in total. The summed E-state index contributed by atoms with van der Waals surface area (Å²) >= 11 is 0. The number of ether oxygens (including phenoxy) is 2. The maximum absolute atomic E-state index is 12.3. The van der Waals surface area contributed by atoms with Gasteiger partial charge in [-0.25, -0.2) is 0 Å². The summed E-state index contributed by atoms with van der Waals surface area (Å²) in [5.41, 5.74) is 5.36. The van der Waals surface area contributed by atoms with E-state index >= 15 is 0 Å². The molecule has 0 aromatic heterocycles. The predicted octanol–water partition coefficient (Wildman–Crippen LogP) is 2.57. The fourth-order valence-electron chi connectivity index (χ4n) is 3.41. The lowest BCUT2D eigenvalue weighted by molar-refractivity contribution is -0.132. The molecule has 3 aromatic rings. The smallest absolute Gasteiger partial charge is 0.279 e. The largest absolute Gasteiger partial charge is 0.482 e. The molecular formula is C24H23N3O5. The van der Waals surface area contributed by atoms with E-state index in [2.05, 4.69) is 10.9 Å². The zero-order valence-corrected chi connectivity index (χ0v) is 17.5. The van der Waals surface area contributed by atoms with Crippen molar-refractivity contribution in [2.24, 2.45) is 0 Å². The monoisotopic (exact) mass is 433 g/mol. The highest BCUT2D eigenvalue weighted by Crippen LogP contribution is 2.31. The average Bonchev–Trinajstić information content (AvgIpc) is 2.81. The van der Waals surface area contributed by atoms with Crippen LogP contribution in [0.3, 0.4) is 0 Å². The number of carbonyl (C=O) groups is 3. The van der Waals surface area contributed by atoms with Gasteiger partial charge in [0.15, 0.2) is 12.7 Å². The second-order valence-electron chi connectivity index (χ2n) is 7.36. The zero-order chi connectivity index (χ0) is 22.5. The Labute approximate surface area is 185 Å². The maximum Gasteiger partial charge on any atom is 0.279 e. The molecule has 0 radical (unpaired) electrons. The van der Waals surface area contributed by atoms with Gasteiger partial charge in [0.05, 0.1) is 5.69 Å². The molecule has 0 saturated carbocycles. The molecule has 3 amide bonds. The first-order valence-corrected chi connectivity index (χ1v) is 10.3. The van der Waals surface area contributed by atoms with Crippen molar-refractivity contribution < 1.29 is 23.9 Å². The van der Waals surface area contributed by atoms with Crippen LogP contribution in [-0.4, -0.2) is 37.0 Å². The molecule has 8 nitrogen and oxygen atoms in total. The number of anilines is 1. The fraction of sp³-hybridized carbons (Fsp3) is 0.208. The molecule has 164 valence electrons. The first-order chi connectivity index (χ1) is 15.5. The van der Waals surface area contributed by atoms with E-state index in [0.29, 0.717) is 17.2 Å². The lowest BCUT2D eigenvalue weighted by Gasteiger charge is -2.29. The van der Waals surface area contributed by atoms with Gasteiger partial charge in [-0.1, -0.05) is 42.5 Å². The maximum atomic E-state index is 12.3. The van der Waals surface area contributed by atoms with Gasteiger partial charge in [-0.2, -0.15) is 0 Å². The van der Waals surface area contributed by atoms with Gasteiger partial charge >= 0.3 is 0 Å². The van der Waals surface area contributed by atoms with Crippen LogP contribution in [0.15, 0.2) is 66.7 Å². The highest BCUT2D eigenvalue weighted by Gasteiger charge is 2.25. The molecule has 1 aliphatic rings. The molecule has 1 heterocycles. The average molecular weight is 433 g/mol. The zero-order valence-electron chi connectivity index (χ0n) is 17.5. The summed E-state index contributed by atoms with van der Waals surface area (Å²) in [6.07, 6.45) is -0.801. The standard InChI is InChI=1S/C24H23N3O5/c1-16(32-19-11-10-17-6-2-3-7-18(17)14-19)24(30)26-25-22(28)12-13-27-20-8-4-5-9-21(20)31-15-23(27)29/h2-11,14,16H,12-13,15H2,1H3,(H,25,28)(H,26,30). The third kappa shape index (κ3) is 4.80. The second kappa shape index (κ2) is 9.38. The Morgan fingerprint density at radius 3 is 2.62 bits per heavy atom. The Kier molecular flexibility index (Phi) is 6.21. The molecule has 3 aromatic carbocycles. The first kappa shape index (κ1) is 21.2. The molecule has 0 saturated heterocycles. The van der Waals surface area contributed by atoms with Gasteiger partial charge in [-0.15, -0.1) is 0 Å². The minimum Gasteiger partial charge on any atom is -0.482 e. The van der Waals surface area contributed by atoms with Crippen LogP contribution in [0.5, 0.6) is 11.5 Å². The number of benzene rings is 3. The van der Waals surface area contributed by atoms with Gasteiger partial charge in [0.25, 0.3) is 11.8 Å². The highest BCUT2D eigenvalue weighted by molar-refractivity contribution is 5.98. The third-order valence-electron chi connectivity index (χ3n) is 5.10. The second-order valence-corrected chi connectivity index (χ2v) is 7.36. The lowest BCUT2D eigenvalue weighted by Crippen LogP contribution is -2.48. The van der Waals surface area contributed by atoms with Gasteiger partial charge in [0.2, 0.25) is 5.91 Å². The van der Waals surface area contributed by atoms with Gasteiger partial charge in [0, 0.05) is 13.0 Å². The number of nitrogens with one attached hydrogen (secondary N) is 2. The number of amides is 3. The molecule has 0 spiro atoms. The molecule has 1 atom stereocenters. The molecular weight excluding hydrogens is 410 g/mol. The molecule has 8 heteroatoms. The Bertz CT molecular complexity index is 1160. The summed E-state index contributed by atoms with van der Waals surface area (Å²) in [5, 5.41) is 2.08. The van der Waals surface area contributed by atoms with E-state index in [1.807, 2.05) is 42.5 Å². The molecule has 0 bridgehead atoms. The number of carbonyl (C=O) groups excluding carboxylic acids is 3. The van der Waals surface area contributed by atoms with Gasteiger partial charge < -0.3 is 14.4 Å². The van der Waals surface area contributed by atoms with Gasteiger partial charge in [-0.3, -0.25) is 25.2 Å². The summed E-state index contributed by atoms with van der Waals surface area (Å²) in [6.45, 7) is 1.70. The van der Waals surface area contributed by atoms with Crippen molar-refractivity contribution >= 4 is 34.2 Å². The number of hydrogen-bond acceptors (Lipinski definition) is 5. The lowest BCUT2D eigenvalue weighted by atomic mass is 10.1. The van der Waals surface area contributed by atoms with E-state index in [9.17, 15) is 14.4 Å². The van der Waals surface area contributed by atoms with Gasteiger partial charge in [-0.05, 0) is 42.0 Å². The van der Waals surface area contributed by atoms with Crippen LogP contribution in [0, 0.1) is 0 Å². The molecule has 4 rings (SSSR count).